The highest BCUT2D eigenvalue weighted by atomic mass is 19.1. The van der Waals surface area contributed by atoms with Crippen molar-refractivity contribution in [1.82, 2.24) is 4.98 Å². The Hall–Kier alpha value is -1.71. The summed E-state index contributed by atoms with van der Waals surface area (Å²) >= 11 is 0. The second-order valence-electron chi connectivity index (χ2n) is 2.98. The maximum Gasteiger partial charge on any atom is 0.340 e. The quantitative estimate of drug-likeness (QED) is 0.564. The number of esters is 1. The number of carbonyl (C=O) groups is 1. The van der Waals surface area contributed by atoms with Crippen LogP contribution in [-0.2, 0) is 4.74 Å². The van der Waals surface area contributed by atoms with E-state index < -0.39 is 11.8 Å². The molecule has 0 bridgehead atoms. The molecule has 0 N–H and O–H groups in total. The lowest BCUT2D eigenvalue weighted by molar-refractivity contribution is 0.0388. The summed E-state index contributed by atoms with van der Waals surface area (Å²) in [6.07, 6.45) is 4.12. The molecule has 0 spiro atoms. The number of hydrogen-bond donors (Lipinski definition) is 0. The summed E-state index contributed by atoms with van der Waals surface area (Å²) in [4.78, 5) is 15.0. The molecular formula is C11H12FNO2. The van der Waals surface area contributed by atoms with Crippen LogP contribution in [0.1, 0.15) is 23.7 Å². The third kappa shape index (κ3) is 3.16. The van der Waals surface area contributed by atoms with Gasteiger partial charge in [-0.2, -0.15) is 0 Å². The molecule has 1 unspecified atom stereocenters. The molecule has 0 radical (unpaired) electrons. The van der Waals surface area contributed by atoms with Gasteiger partial charge in [-0.05, 0) is 12.5 Å². The average molecular weight is 209 g/mol. The fraction of sp³-hybridized carbons (Fsp3) is 0.273. The van der Waals surface area contributed by atoms with E-state index in [9.17, 15) is 9.18 Å². The second-order valence-corrected chi connectivity index (χ2v) is 2.98. The van der Waals surface area contributed by atoms with Crippen molar-refractivity contribution in [2.24, 2.45) is 0 Å². The van der Waals surface area contributed by atoms with Gasteiger partial charge in [0, 0.05) is 6.20 Å². The number of hydrogen-bond acceptors (Lipinski definition) is 3. The summed E-state index contributed by atoms with van der Waals surface area (Å²) in [5.74, 6) is -1.15. The Morgan fingerprint density at radius 1 is 1.73 bits per heavy atom. The first kappa shape index (κ1) is 11.4. The number of ether oxygens (including phenoxy) is 1. The van der Waals surface area contributed by atoms with Gasteiger partial charge in [-0.1, -0.05) is 19.6 Å². The SMILES string of the molecule is C=CC(CC)OC(=O)c1cncc(F)c1. The molecule has 4 heteroatoms. The molecule has 3 nitrogen and oxygen atoms in total. The van der Waals surface area contributed by atoms with Crippen LogP contribution < -0.4 is 0 Å². The zero-order valence-electron chi connectivity index (χ0n) is 8.44. The molecule has 0 aliphatic rings. The van der Waals surface area contributed by atoms with Gasteiger partial charge in [0.15, 0.2) is 0 Å². The molecule has 0 aromatic carbocycles. The van der Waals surface area contributed by atoms with Gasteiger partial charge in [-0.25, -0.2) is 9.18 Å². The fourth-order valence-electron chi connectivity index (χ4n) is 1.03. The lowest BCUT2D eigenvalue weighted by atomic mass is 10.2. The van der Waals surface area contributed by atoms with Crippen LogP contribution in [-0.4, -0.2) is 17.1 Å². The molecule has 0 saturated carbocycles. The largest absolute Gasteiger partial charge is 0.455 e. The number of pyridine rings is 1. The summed E-state index contributed by atoms with van der Waals surface area (Å²) in [6, 6.07) is 1.09. The van der Waals surface area contributed by atoms with Gasteiger partial charge in [-0.3, -0.25) is 4.98 Å². The van der Waals surface area contributed by atoms with Crippen LogP contribution in [0.4, 0.5) is 4.39 Å². The first-order valence-corrected chi connectivity index (χ1v) is 4.61. The molecule has 0 aliphatic carbocycles. The highest BCUT2D eigenvalue weighted by Crippen LogP contribution is 2.07. The zero-order valence-corrected chi connectivity index (χ0v) is 8.44. The summed E-state index contributed by atoms with van der Waals surface area (Å²) in [6.45, 7) is 5.39. The van der Waals surface area contributed by atoms with Crippen LogP contribution in [0.5, 0.6) is 0 Å². The van der Waals surface area contributed by atoms with E-state index in [1.54, 1.807) is 0 Å². The molecule has 0 fully saturated rings. The number of carbonyl (C=O) groups excluding carboxylic acids is 1. The van der Waals surface area contributed by atoms with E-state index in [0.29, 0.717) is 6.42 Å². The molecule has 0 amide bonds. The maximum atomic E-state index is 12.7. The van der Waals surface area contributed by atoms with Crippen molar-refractivity contribution in [3.8, 4) is 0 Å². The Morgan fingerprint density at radius 2 is 2.47 bits per heavy atom. The monoisotopic (exact) mass is 209 g/mol. The van der Waals surface area contributed by atoms with E-state index in [-0.39, 0.29) is 11.7 Å². The molecule has 1 aromatic heterocycles. The van der Waals surface area contributed by atoms with Crippen LogP contribution in [0.25, 0.3) is 0 Å². The Bertz CT molecular complexity index is 365. The lowest BCUT2D eigenvalue weighted by Gasteiger charge is -2.11. The number of halogens is 1. The van der Waals surface area contributed by atoms with Gasteiger partial charge in [0.25, 0.3) is 0 Å². The Labute approximate surface area is 87.6 Å². The Kier molecular flexibility index (Phi) is 3.97. The minimum atomic E-state index is -0.589. The van der Waals surface area contributed by atoms with Crippen LogP contribution in [0.3, 0.4) is 0 Å². The minimum Gasteiger partial charge on any atom is -0.455 e. The molecule has 0 saturated heterocycles. The van der Waals surface area contributed by atoms with Gasteiger partial charge >= 0.3 is 5.97 Å². The molecule has 0 aliphatic heterocycles. The summed E-state index contributed by atoms with van der Waals surface area (Å²) in [7, 11) is 0. The number of rotatable bonds is 4. The van der Waals surface area contributed by atoms with E-state index >= 15 is 0 Å². The van der Waals surface area contributed by atoms with Crippen molar-refractivity contribution in [2.75, 3.05) is 0 Å². The first-order chi connectivity index (χ1) is 7.17. The third-order valence-electron chi connectivity index (χ3n) is 1.86. The van der Waals surface area contributed by atoms with E-state index in [1.165, 1.54) is 12.3 Å². The van der Waals surface area contributed by atoms with Crippen molar-refractivity contribution in [3.63, 3.8) is 0 Å². The van der Waals surface area contributed by atoms with Gasteiger partial charge in [0.1, 0.15) is 11.9 Å². The van der Waals surface area contributed by atoms with Crippen molar-refractivity contribution in [3.05, 3.63) is 42.5 Å². The third-order valence-corrected chi connectivity index (χ3v) is 1.86. The normalized spacial score (nSPS) is 11.9. The van der Waals surface area contributed by atoms with Crippen molar-refractivity contribution < 1.29 is 13.9 Å². The minimum absolute atomic E-state index is 0.107. The predicted octanol–water partition coefficient (Wildman–Crippen LogP) is 2.34. The molecule has 1 aromatic rings. The summed E-state index contributed by atoms with van der Waals surface area (Å²) < 4.78 is 17.8. The van der Waals surface area contributed by atoms with Crippen molar-refractivity contribution in [1.29, 1.82) is 0 Å². The van der Waals surface area contributed by atoms with Crippen molar-refractivity contribution in [2.45, 2.75) is 19.4 Å². The van der Waals surface area contributed by atoms with Crippen LogP contribution in [0, 0.1) is 5.82 Å². The van der Waals surface area contributed by atoms with Crippen molar-refractivity contribution >= 4 is 5.97 Å². The number of nitrogens with zero attached hydrogens (tertiary/aromatic N) is 1. The van der Waals surface area contributed by atoms with E-state index in [1.807, 2.05) is 6.92 Å². The number of aromatic nitrogens is 1. The van der Waals surface area contributed by atoms with Gasteiger partial charge in [-0.15, -0.1) is 0 Å². The van der Waals surface area contributed by atoms with Crippen LogP contribution in [0.2, 0.25) is 0 Å². The second kappa shape index (κ2) is 5.24. The average Bonchev–Trinajstić information content (AvgIpc) is 2.25. The highest BCUT2D eigenvalue weighted by Gasteiger charge is 2.12. The zero-order chi connectivity index (χ0) is 11.3. The van der Waals surface area contributed by atoms with E-state index in [2.05, 4.69) is 11.6 Å². The predicted molar refractivity (Wildman–Crippen MR) is 53.9 cm³/mol. The lowest BCUT2D eigenvalue weighted by Crippen LogP contribution is -2.15. The molecule has 1 rings (SSSR count). The maximum absolute atomic E-state index is 12.7. The molecular weight excluding hydrogens is 197 g/mol. The molecule has 15 heavy (non-hydrogen) atoms. The standard InChI is InChI=1S/C11H12FNO2/c1-3-10(4-2)15-11(14)8-5-9(12)7-13-6-8/h3,5-7,10H,1,4H2,2H3. The fourth-order valence-corrected chi connectivity index (χ4v) is 1.03. The highest BCUT2D eigenvalue weighted by molar-refractivity contribution is 5.89. The smallest absolute Gasteiger partial charge is 0.340 e. The topological polar surface area (TPSA) is 39.2 Å². The molecule has 80 valence electrons. The van der Waals surface area contributed by atoms with E-state index in [0.717, 1.165) is 12.3 Å². The Balaban J connectivity index is 2.72. The van der Waals surface area contributed by atoms with Crippen LogP contribution in [0.15, 0.2) is 31.1 Å². The molecule has 1 heterocycles. The molecule has 1 atom stereocenters. The van der Waals surface area contributed by atoms with Gasteiger partial charge < -0.3 is 4.74 Å². The summed E-state index contributed by atoms with van der Waals surface area (Å²) in [5.41, 5.74) is 0.107. The first-order valence-electron chi connectivity index (χ1n) is 4.61. The summed E-state index contributed by atoms with van der Waals surface area (Å²) in [5, 5.41) is 0. The van der Waals surface area contributed by atoms with Gasteiger partial charge in [0.05, 0.1) is 11.8 Å². The van der Waals surface area contributed by atoms with Crippen LogP contribution >= 0.6 is 0 Å². The van der Waals surface area contributed by atoms with Gasteiger partial charge in [0.2, 0.25) is 0 Å². The van der Waals surface area contributed by atoms with E-state index in [4.69, 9.17) is 4.74 Å². The Morgan fingerprint density at radius 3 is 3.00 bits per heavy atom.